The average molecular weight is 307 g/mol. The van der Waals surface area contributed by atoms with Crippen molar-refractivity contribution in [1.29, 1.82) is 0 Å². The largest absolute Gasteiger partial charge is 0.381 e. The summed E-state index contributed by atoms with van der Waals surface area (Å²) in [6.07, 6.45) is 1.46. The summed E-state index contributed by atoms with van der Waals surface area (Å²) in [6.45, 7) is 4.59. The van der Waals surface area contributed by atoms with Gasteiger partial charge in [0, 0.05) is 28.3 Å². The number of nitrogens with one attached hydrogen (secondary N) is 1. The lowest BCUT2D eigenvalue weighted by Crippen LogP contribution is -2.61. The molecule has 4 heteroatoms. The van der Waals surface area contributed by atoms with E-state index in [1.807, 2.05) is 29.8 Å². The molecule has 1 N–H and O–H groups in total. The van der Waals surface area contributed by atoms with E-state index in [0.717, 1.165) is 6.42 Å². The van der Waals surface area contributed by atoms with Crippen molar-refractivity contribution in [2.24, 2.45) is 5.41 Å². The van der Waals surface area contributed by atoms with Crippen molar-refractivity contribution in [2.45, 2.75) is 38.5 Å². The SMILES string of the molecule is COC1CC(NC(c2cccs2)c2cccs2)C1(C)C. The molecular formula is C16H21NOS2. The molecule has 2 heterocycles. The zero-order valence-corrected chi connectivity index (χ0v) is 13.8. The van der Waals surface area contributed by atoms with Crippen LogP contribution >= 0.6 is 22.7 Å². The molecule has 0 amide bonds. The van der Waals surface area contributed by atoms with Crippen LogP contribution in [0.4, 0.5) is 0 Å². The number of hydrogen-bond donors (Lipinski definition) is 1. The summed E-state index contributed by atoms with van der Waals surface area (Å²) >= 11 is 3.65. The van der Waals surface area contributed by atoms with Crippen LogP contribution in [0, 0.1) is 5.41 Å². The van der Waals surface area contributed by atoms with E-state index in [0.29, 0.717) is 18.2 Å². The van der Waals surface area contributed by atoms with Crippen molar-refractivity contribution in [3.05, 3.63) is 44.8 Å². The molecule has 2 atom stereocenters. The highest BCUT2D eigenvalue weighted by atomic mass is 32.1. The monoisotopic (exact) mass is 307 g/mol. The summed E-state index contributed by atoms with van der Waals surface area (Å²) in [4.78, 5) is 2.79. The highest BCUT2D eigenvalue weighted by molar-refractivity contribution is 7.11. The van der Waals surface area contributed by atoms with Gasteiger partial charge in [-0.05, 0) is 29.3 Å². The highest BCUT2D eigenvalue weighted by Gasteiger charge is 2.49. The average Bonchev–Trinajstić information content (AvgIpc) is 3.11. The smallest absolute Gasteiger partial charge is 0.0767 e. The van der Waals surface area contributed by atoms with Crippen LogP contribution < -0.4 is 5.32 Å². The predicted molar refractivity (Wildman–Crippen MR) is 86.6 cm³/mol. The van der Waals surface area contributed by atoms with Gasteiger partial charge >= 0.3 is 0 Å². The van der Waals surface area contributed by atoms with Crippen molar-refractivity contribution in [3.8, 4) is 0 Å². The van der Waals surface area contributed by atoms with Crippen LogP contribution in [0.15, 0.2) is 35.0 Å². The Bertz CT molecular complexity index is 499. The second-order valence-electron chi connectivity index (χ2n) is 5.96. The molecular weight excluding hydrogens is 286 g/mol. The summed E-state index contributed by atoms with van der Waals surface area (Å²) in [6, 6.07) is 9.53. The van der Waals surface area contributed by atoms with Gasteiger partial charge in [0.25, 0.3) is 0 Å². The van der Waals surface area contributed by atoms with E-state index in [9.17, 15) is 0 Å². The molecule has 1 saturated carbocycles. The van der Waals surface area contributed by atoms with Crippen LogP contribution in [0.1, 0.15) is 36.1 Å². The van der Waals surface area contributed by atoms with Crippen LogP contribution in [0.3, 0.4) is 0 Å². The molecule has 2 nitrogen and oxygen atoms in total. The van der Waals surface area contributed by atoms with Crippen molar-refractivity contribution < 1.29 is 4.74 Å². The van der Waals surface area contributed by atoms with E-state index in [1.165, 1.54) is 9.75 Å². The van der Waals surface area contributed by atoms with Gasteiger partial charge in [-0.2, -0.15) is 0 Å². The highest BCUT2D eigenvalue weighted by Crippen LogP contribution is 2.44. The molecule has 1 aliphatic carbocycles. The molecule has 0 spiro atoms. The molecule has 2 aromatic heterocycles. The molecule has 1 fully saturated rings. The van der Waals surface area contributed by atoms with Crippen LogP contribution in [-0.2, 0) is 4.74 Å². The van der Waals surface area contributed by atoms with Crippen LogP contribution in [0.5, 0.6) is 0 Å². The number of thiophene rings is 2. The Hall–Kier alpha value is -0.680. The van der Waals surface area contributed by atoms with Crippen LogP contribution in [0.2, 0.25) is 0 Å². The van der Waals surface area contributed by atoms with Gasteiger partial charge in [0.2, 0.25) is 0 Å². The lowest BCUT2D eigenvalue weighted by molar-refractivity contribution is -0.0992. The first kappa shape index (κ1) is 14.3. The zero-order valence-electron chi connectivity index (χ0n) is 12.1. The number of methoxy groups -OCH3 is 1. The van der Waals surface area contributed by atoms with E-state index < -0.39 is 0 Å². The van der Waals surface area contributed by atoms with Gasteiger partial charge in [-0.25, -0.2) is 0 Å². The number of hydrogen-bond acceptors (Lipinski definition) is 4. The molecule has 20 heavy (non-hydrogen) atoms. The van der Waals surface area contributed by atoms with E-state index >= 15 is 0 Å². The summed E-state index contributed by atoms with van der Waals surface area (Å²) < 4.78 is 5.56. The maximum atomic E-state index is 5.56. The third-order valence-electron chi connectivity index (χ3n) is 4.49. The van der Waals surface area contributed by atoms with Gasteiger partial charge in [0.1, 0.15) is 0 Å². The lowest BCUT2D eigenvalue weighted by atomic mass is 9.64. The second-order valence-corrected chi connectivity index (χ2v) is 7.92. The molecule has 108 valence electrons. The summed E-state index contributed by atoms with van der Waals surface area (Å²) in [5.41, 5.74) is 0.196. The summed E-state index contributed by atoms with van der Waals surface area (Å²) in [5, 5.41) is 8.16. The minimum atomic E-state index is 0.196. The molecule has 1 aliphatic rings. The number of ether oxygens (including phenoxy) is 1. The fourth-order valence-corrected chi connectivity index (χ4v) is 4.66. The molecule has 0 radical (unpaired) electrons. The third kappa shape index (κ3) is 2.46. The Morgan fingerprint density at radius 1 is 1.20 bits per heavy atom. The van der Waals surface area contributed by atoms with Crippen molar-refractivity contribution in [2.75, 3.05) is 7.11 Å². The minimum Gasteiger partial charge on any atom is -0.381 e. The molecule has 3 rings (SSSR count). The molecule has 0 aromatic carbocycles. The van der Waals surface area contributed by atoms with E-state index in [-0.39, 0.29) is 5.41 Å². The number of rotatable bonds is 5. The zero-order chi connectivity index (χ0) is 14.2. The molecule has 0 aliphatic heterocycles. The first-order chi connectivity index (χ1) is 9.63. The van der Waals surface area contributed by atoms with Crippen LogP contribution in [0.25, 0.3) is 0 Å². The first-order valence-corrected chi connectivity index (χ1v) is 8.74. The fourth-order valence-electron chi connectivity index (χ4n) is 2.98. The van der Waals surface area contributed by atoms with Crippen molar-refractivity contribution >= 4 is 22.7 Å². The Morgan fingerprint density at radius 2 is 1.80 bits per heavy atom. The quantitative estimate of drug-likeness (QED) is 0.889. The van der Waals surface area contributed by atoms with E-state index in [2.05, 4.69) is 54.2 Å². The minimum absolute atomic E-state index is 0.196. The van der Waals surface area contributed by atoms with Crippen molar-refractivity contribution in [3.63, 3.8) is 0 Å². The molecule has 2 aromatic rings. The maximum Gasteiger partial charge on any atom is 0.0767 e. The van der Waals surface area contributed by atoms with Gasteiger partial charge < -0.3 is 10.1 Å². The second kappa shape index (κ2) is 5.60. The predicted octanol–water partition coefficient (Wildman–Crippen LogP) is 4.30. The topological polar surface area (TPSA) is 21.3 Å². The fraction of sp³-hybridized carbons (Fsp3) is 0.500. The Labute approximate surface area is 128 Å². The van der Waals surface area contributed by atoms with Gasteiger partial charge in [-0.15, -0.1) is 22.7 Å². The lowest BCUT2D eigenvalue weighted by Gasteiger charge is -2.52. The Kier molecular flexibility index (Phi) is 4.00. The standard InChI is InChI=1S/C16H21NOS2/c1-16(2)13(10-14(16)18-3)17-15(11-6-4-8-19-11)12-7-5-9-20-12/h4-9,13-15,17H,10H2,1-3H3. The summed E-state index contributed by atoms with van der Waals surface area (Å²) in [7, 11) is 1.82. The van der Waals surface area contributed by atoms with Gasteiger partial charge in [0.15, 0.2) is 0 Å². The normalized spacial score (nSPS) is 24.8. The van der Waals surface area contributed by atoms with Crippen LogP contribution in [-0.4, -0.2) is 19.3 Å². The summed E-state index contributed by atoms with van der Waals surface area (Å²) in [5.74, 6) is 0. The molecule has 2 unspecified atom stereocenters. The van der Waals surface area contributed by atoms with Gasteiger partial charge in [0.05, 0.1) is 12.1 Å². The Morgan fingerprint density at radius 3 is 2.20 bits per heavy atom. The third-order valence-corrected chi connectivity index (χ3v) is 6.36. The van der Waals surface area contributed by atoms with E-state index in [1.54, 1.807) is 0 Å². The molecule has 0 bridgehead atoms. The molecule has 0 saturated heterocycles. The van der Waals surface area contributed by atoms with Gasteiger partial charge in [-0.1, -0.05) is 26.0 Å². The van der Waals surface area contributed by atoms with E-state index in [4.69, 9.17) is 4.74 Å². The first-order valence-electron chi connectivity index (χ1n) is 6.98. The Balaban J connectivity index is 1.79. The maximum absolute atomic E-state index is 5.56. The van der Waals surface area contributed by atoms with Gasteiger partial charge in [-0.3, -0.25) is 0 Å². The van der Waals surface area contributed by atoms with Crippen molar-refractivity contribution in [1.82, 2.24) is 5.32 Å².